The first-order valence-electron chi connectivity index (χ1n) is 6.04. The van der Waals surface area contributed by atoms with Gasteiger partial charge in [0.2, 0.25) is 11.5 Å². The van der Waals surface area contributed by atoms with Gasteiger partial charge in [-0.1, -0.05) is 30.0 Å². The fourth-order valence-electron chi connectivity index (χ4n) is 1.56. The third kappa shape index (κ3) is 3.64. The number of benzene rings is 1. The highest BCUT2D eigenvalue weighted by atomic mass is 19.4. The summed E-state index contributed by atoms with van der Waals surface area (Å²) in [5.74, 6) is 5.07. The zero-order chi connectivity index (χ0) is 15.7. The molecule has 0 fully saturated rings. The van der Waals surface area contributed by atoms with Gasteiger partial charge in [0, 0.05) is 12.5 Å². The molecule has 0 spiro atoms. The summed E-state index contributed by atoms with van der Waals surface area (Å²) in [5, 5.41) is 17.3. The molecule has 4 nitrogen and oxygen atoms in total. The molecule has 1 aromatic heterocycles. The predicted molar refractivity (Wildman–Crippen MR) is 70.6 cm³/mol. The normalized spacial score (nSPS) is 14.2. The van der Waals surface area contributed by atoms with E-state index in [2.05, 4.69) is 22.0 Å². The van der Waals surface area contributed by atoms with Gasteiger partial charge in [-0.05, 0) is 13.0 Å². The van der Waals surface area contributed by atoms with E-state index in [4.69, 9.17) is 4.42 Å². The van der Waals surface area contributed by atoms with Gasteiger partial charge in [0.25, 0.3) is 5.89 Å². The number of aryl methyl sites for hydroxylation is 1. The zero-order valence-electron chi connectivity index (χ0n) is 11.3. The quantitative estimate of drug-likeness (QED) is 0.676. The molecule has 0 radical (unpaired) electrons. The average Bonchev–Trinajstić information content (AvgIpc) is 2.83. The van der Waals surface area contributed by atoms with Gasteiger partial charge in [-0.3, -0.25) is 0 Å². The molecule has 0 amide bonds. The summed E-state index contributed by atoms with van der Waals surface area (Å²) < 4.78 is 43.0. The van der Waals surface area contributed by atoms with Crippen molar-refractivity contribution in [1.29, 1.82) is 0 Å². The van der Waals surface area contributed by atoms with Gasteiger partial charge in [0.15, 0.2) is 0 Å². The van der Waals surface area contributed by atoms with E-state index < -0.39 is 18.0 Å². The largest absolute Gasteiger partial charge is 0.509 e. The van der Waals surface area contributed by atoms with Gasteiger partial charge in [-0.25, -0.2) is 0 Å². The van der Waals surface area contributed by atoms with E-state index in [0.717, 1.165) is 12.1 Å². The standard InChI is InChI=1S/C13H11BF3N2O2/c1-9-18-19-12(21-9)13(2,20)7-6-10-4-3-5-11(8-10)14(15,16)17/h3-5,8,20H,1-2H3/q-1/t13-/m1/s1. The molecule has 1 aromatic carbocycles. The van der Waals surface area contributed by atoms with Gasteiger partial charge >= 0.3 is 6.98 Å². The van der Waals surface area contributed by atoms with Crippen molar-refractivity contribution in [1.82, 2.24) is 10.2 Å². The highest BCUT2D eigenvalue weighted by molar-refractivity contribution is 6.73. The first-order valence-corrected chi connectivity index (χ1v) is 6.04. The Kier molecular flexibility index (Phi) is 3.79. The molecule has 0 saturated heterocycles. The molecule has 0 bridgehead atoms. The number of hydrogen-bond acceptors (Lipinski definition) is 4. The van der Waals surface area contributed by atoms with Gasteiger partial charge in [-0.15, -0.1) is 15.7 Å². The maximum atomic E-state index is 12.6. The monoisotopic (exact) mass is 295 g/mol. The van der Waals surface area contributed by atoms with Crippen molar-refractivity contribution in [3.8, 4) is 11.8 Å². The lowest BCUT2D eigenvalue weighted by Gasteiger charge is -2.14. The second-order valence-corrected chi connectivity index (χ2v) is 4.65. The Labute approximate surface area is 119 Å². The summed E-state index contributed by atoms with van der Waals surface area (Å²) in [6.45, 7) is -2.21. The highest BCUT2D eigenvalue weighted by Gasteiger charge is 2.27. The third-order valence-electron chi connectivity index (χ3n) is 2.66. The Bertz CT molecular complexity index is 714. The number of rotatable bonds is 2. The van der Waals surface area contributed by atoms with Crippen molar-refractivity contribution < 1.29 is 22.5 Å². The van der Waals surface area contributed by atoms with E-state index in [0.29, 0.717) is 0 Å². The molecular weight excluding hydrogens is 284 g/mol. The van der Waals surface area contributed by atoms with Crippen molar-refractivity contribution >= 4 is 12.4 Å². The van der Waals surface area contributed by atoms with Crippen LogP contribution in [0.3, 0.4) is 0 Å². The lowest BCUT2D eigenvalue weighted by molar-refractivity contribution is 0.0881. The highest BCUT2D eigenvalue weighted by Crippen LogP contribution is 2.18. The summed E-state index contributed by atoms with van der Waals surface area (Å²) in [5.41, 5.74) is -2.33. The van der Waals surface area contributed by atoms with Crippen LogP contribution in [0.5, 0.6) is 0 Å². The molecule has 0 unspecified atom stereocenters. The Morgan fingerprint density at radius 2 is 2.00 bits per heavy atom. The fraction of sp³-hybridized carbons (Fsp3) is 0.231. The third-order valence-corrected chi connectivity index (χ3v) is 2.66. The van der Waals surface area contributed by atoms with E-state index in [9.17, 15) is 18.1 Å². The zero-order valence-corrected chi connectivity index (χ0v) is 11.3. The van der Waals surface area contributed by atoms with Crippen LogP contribution in [0.15, 0.2) is 28.7 Å². The lowest BCUT2D eigenvalue weighted by Crippen LogP contribution is -2.33. The minimum absolute atomic E-state index is 0.108. The molecule has 1 N–H and O–H groups in total. The van der Waals surface area contributed by atoms with E-state index in [-0.39, 0.29) is 17.3 Å². The van der Waals surface area contributed by atoms with Crippen molar-refractivity contribution in [2.45, 2.75) is 19.4 Å². The number of aliphatic hydroxyl groups is 1. The molecule has 0 saturated carbocycles. The predicted octanol–water partition coefficient (Wildman–Crippen LogP) is 1.69. The topological polar surface area (TPSA) is 59.2 Å². The maximum Gasteiger partial charge on any atom is 0.509 e. The van der Waals surface area contributed by atoms with Crippen LogP contribution in [0, 0.1) is 18.8 Å². The van der Waals surface area contributed by atoms with Crippen LogP contribution in [0.2, 0.25) is 0 Å². The first kappa shape index (κ1) is 15.1. The van der Waals surface area contributed by atoms with Crippen LogP contribution >= 0.6 is 0 Å². The second-order valence-electron chi connectivity index (χ2n) is 4.65. The molecule has 8 heteroatoms. The van der Waals surface area contributed by atoms with Crippen LogP contribution < -0.4 is 5.46 Å². The minimum Gasteiger partial charge on any atom is -0.445 e. The Morgan fingerprint density at radius 3 is 2.57 bits per heavy atom. The van der Waals surface area contributed by atoms with Crippen LogP contribution in [-0.4, -0.2) is 22.3 Å². The number of aromatic nitrogens is 2. The summed E-state index contributed by atoms with van der Waals surface area (Å²) in [6, 6.07) is 4.60. The summed E-state index contributed by atoms with van der Waals surface area (Å²) in [6.07, 6.45) is 0. The molecule has 2 rings (SSSR count). The number of nitrogens with zero attached hydrogens (tertiary/aromatic N) is 2. The summed E-state index contributed by atoms with van der Waals surface area (Å²) in [4.78, 5) is 0. The summed E-state index contributed by atoms with van der Waals surface area (Å²) in [7, 11) is 0. The van der Waals surface area contributed by atoms with Crippen LogP contribution in [0.25, 0.3) is 0 Å². The van der Waals surface area contributed by atoms with Crippen LogP contribution in [-0.2, 0) is 5.60 Å². The molecule has 110 valence electrons. The molecule has 1 atom stereocenters. The van der Waals surface area contributed by atoms with Gasteiger partial charge in [0.05, 0.1) is 0 Å². The van der Waals surface area contributed by atoms with Crippen LogP contribution in [0.4, 0.5) is 12.9 Å². The first-order chi connectivity index (χ1) is 9.68. The van der Waals surface area contributed by atoms with Gasteiger partial charge in [-0.2, -0.15) is 0 Å². The Balaban J connectivity index is 2.31. The lowest BCUT2D eigenvalue weighted by atomic mass is 9.79. The SMILES string of the molecule is Cc1nnc([C@](C)(O)C#Cc2cccc([B-](F)(F)F)c2)o1. The molecule has 0 aliphatic carbocycles. The van der Waals surface area contributed by atoms with Gasteiger partial charge < -0.3 is 22.5 Å². The average molecular weight is 295 g/mol. The Hall–Kier alpha value is -2.27. The number of halogens is 3. The Morgan fingerprint density at radius 1 is 1.29 bits per heavy atom. The minimum atomic E-state index is -5.08. The molecule has 21 heavy (non-hydrogen) atoms. The maximum absolute atomic E-state index is 12.6. The summed E-state index contributed by atoms with van der Waals surface area (Å²) >= 11 is 0. The molecule has 1 heterocycles. The molecular formula is C13H11BF3N2O2-. The van der Waals surface area contributed by atoms with E-state index in [1.165, 1.54) is 19.1 Å². The van der Waals surface area contributed by atoms with E-state index in [1.807, 2.05) is 0 Å². The molecule has 2 aromatic rings. The second kappa shape index (κ2) is 5.26. The number of hydrogen-bond donors (Lipinski definition) is 1. The van der Waals surface area contributed by atoms with Crippen LogP contribution in [0.1, 0.15) is 24.3 Å². The van der Waals surface area contributed by atoms with E-state index in [1.54, 1.807) is 6.92 Å². The van der Waals surface area contributed by atoms with E-state index >= 15 is 0 Å². The van der Waals surface area contributed by atoms with Crippen molar-refractivity contribution in [3.63, 3.8) is 0 Å². The smallest absolute Gasteiger partial charge is 0.445 e. The van der Waals surface area contributed by atoms with Crippen molar-refractivity contribution in [3.05, 3.63) is 41.6 Å². The van der Waals surface area contributed by atoms with Crippen molar-refractivity contribution in [2.75, 3.05) is 0 Å². The fourth-order valence-corrected chi connectivity index (χ4v) is 1.56. The molecule has 0 aliphatic rings. The van der Waals surface area contributed by atoms with Gasteiger partial charge in [0.1, 0.15) is 0 Å². The molecule has 0 aliphatic heterocycles. The van der Waals surface area contributed by atoms with Crippen molar-refractivity contribution in [2.24, 2.45) is 0 Å².